The third-order valence-corrected chi connectivity index (χ3v) is 4.61. The molecule has 0 aromatic heterocycles. The minimum Gasteiger partial charge on any atom is -0.354 e. The summed E-state index contributed by atoms with van der Waals surface area (Å²) in [5, 5.41) is 6.35. The van der Waals surface area contributed by atoms with E-state index in [0.717, 1.165) is 19.0 Å². The van der Waals surface area contributed by atoms with Crippen molar-refractivity contribution in [2.75, 3.05) is 19.6 Å². The zero-order chi connectivity index (χ0) is 14.0. The van der Waals surface area contributed by atoms with E-state index in [9.17, 15) is 4.79 Å². The first kappa shape index (κ1) is 13.6. The molecule has 0 heterocycles. The molecular weight excluding hydrogens is 248 g/mol. The van der Waals surface area contributed by atoms with Crippen LogP contribution in [-0.2, 0) is 10.2 Å². The van der Waals surface area contributed by atoms with Gasteiger partial charge in [-0.2, -0.15) is 0 Å². The van der Waals surface area contributed by atoms with E-state index in [2.05, 4.69) is 41.8 Å². The first-order valence-electron chi connectivity index (χ1n) is 7.73. The van der Waals surface area contributed by atoms with Crippen molar-refractivity contribution in [3.05, 3.63) is 35.4 Å². The Bertz CT molecular complexity index is 490. The van der Waals surface area contributed by atoms with Crippen LogP contribution in [0.25, 0.3) is 0 Å². The van der Waals surface area contributed by atoms with Gasteiger partial charge >= 0.3 is 0 Å². The van der Waals surface area contributed by atoms with Gasteiger partial charge < -0.3 is 10.6 Å². The van der Waals surface area contributed by atoms with Crippen LogP contribution in [-0.4, -0.2) is 25.5 Å². The summed E-state index contributed by atoms with van der Waals surface area (Å²) >= 11 is 0. The average Bonchev–Trinajstić information content (AvgIpc) is 3.33. The Morgan fingerprint density at radius 2 is 2.05 bits per heavy atom. The van der Waals surface area contributed by atoms with Gasteiger partial charge in [-0.05, 0) is 56.2 Å². The molecule has 0 unspecified atom stereocenters. The molecule has 20 heavy (non-hydrogen) atoms. The van der Waals surface area contributed by atoms with Gasteiger partial charge in [-0.3, -0.25) is 4.79 Å². The SMILES string of the molecule is Cc1ccccc1C1(CNC(=O)CNCC2CC2)CC1. The minimum atomic E-state index is 0.130. The summed E-state index contributed by atoms with van der Waals surface area (Å²) in [5.41, 5.74) is 2.95. The van der Waals surface area contributed by atoms with Crippen LogP contribution in [0.1, 0.15) is 36.8 Å². The number of hydrogen-bond acceptors (Lipinski definition) is 2. The van der Waals surface area contributed by atoms with Crippen LogP contribution in [0.3, 0.4) is 0 Å². The summed E-state index contributed by atoms with van der Waals surface area (Å²) in [6, 6.07) is 8.55. The summed E-state index contributed by atoms with van der Waals surface area (Å²) in [7, 11) is 0. The van der Waals surface area contributed by atoms with Gasteiger partial charge in [0, 0.05) is 12.0 Å². The number of amides is 1. The van der Waals surface area contributed by atoms with Gasteiger partial charge in [-0.15, -0.1) is 0 Å². The molecule has 2 saturated carbocycles. The van der Waals surface area contributed by atoms with E-state index in [0.29, 0.717) is 6.54 Å². The number of aryl methyl sites for hydroxylation is 1. The van der Waals surface area contributed by atoms with Crippen molar-refractivity contribution in [2.24, 2.45) is 5.92 Å². The molecule has 0 radical (unpaired) electrons. The van der Waals surface area contributed by atoms with E-state index in [1.165, 1.54) is 36.8 Å². The van der Waals surface area contributed by atoms with E-state index in [4.69, 9.17) is 0 Å². The van der Waals surface area contributed by atoms with Gasteiger partial charge in [-0.25, -0.2) is 0 Å². The number of carbonyl (C=O) groups is 1. The fourth-order valence-electron chi connectivity index (χ4n) is 2.90. The quantitative estimate of drug-likeness (QED) is 0.798. The van der Waals surface area contributed by atoms with Crippen LogP contribution in [0.15, 0.2) is 24.3 Å². The van der Waals surface area contributed by atoms with Crippen LogP contribution in [0.4, 0.5) is 0 Å². The summed E-state index contributed by atoms with van der Waals surface area (Å²) in [5.74, 6) is 0.954. The molecule has 2 fully saturated rings. The summed E-state index contributed by atoms with van der Waals surface area (Å²) < 4.78 is 0. The lowest BCUT2D eigenvalue weighted by Gasteiger charge is -2.19. The maximum absolute atomic E-state index is 11.9. The van der Waals surface area contributed by atoms with Gasteiger partial charge in [-0.1, -0.05) is 24.3 Å². The molecule has 1 aromatic rings. The van der Waals surface area contributed by atoms with Crippen molar-refractivity contribution in [1.82, 2.24) is 10.6 Å². The normalized spacial score (nSPS) is 19.6. The van der Waals surface area contributed by atoms with Crippen molar-refractivity contribution < 1.29 is 4.79 Å². The topological polar surface area (TPSA) is 41.1 Å². The molecule has 3 rings (SSSR count). The molecule has 2 N–H and O–H groups in total. The van der Waals surface area contributed by atoms with E-state index >= 15 is 0 Å². The van der Waals surface area contributed by atoms with E-state index in [1.807, 2.05) is 0 Å². The van der Waals surface area contributed by atoms with E-state index < -0.39 is 0 Å². The van der Waals surface area contributed by atoms with Crippen LogP contribution in [0, 0.1) is 12.8 Å². The number of benzene rings is 1. The smallest absolute Gasteiger partial charge is 0.233 e. The molecule has 1 aromatic carbocycles. The summed E-state index contributed by atoms with van der Waals surface area (Å²) in [4.78, 5) is 11.9. The third kappa shape index (κ3) is 3.21. The predicted molar refractivity (Wildman–Crippen MR) is 80.7 cm³/mol. The first-order valence-corrected chi connectivity index (χ1v) is 7.73. The molecule has 2 aliphatic rings. The largest absolute Gasteiger partial charge is 0.354 e. The Morgan fingerprint density at radius 3 is 2.70 bits per heavy atom. The number of carbonyl (C=O) groups excluding carboxylic acids is 1. The number of nitrogens with one attached hydrogen (secondary N) is 2. The number of rotatable bonds is 7. The molecule has 108 valence electrons. The fraction of sp³-hybridized carbons (Fsp3) is 0.588. The second kappa shape index (κ2) is 5.57. The highest BCUT2D eigenvalue weighted by atomic mass is 16.1. The second-order valence-electron chi connectivity index (χ2n) is 6.45. The molecule has 0 saturated heterocycles. The number of hydrogen-bond donors (Lipinski definition) is 2. The lowest BCUT2D eigenvalue weighted by atomic mass is 9.92. The van der Waals surface area contributed by atoms with Crippen molar-refractivity contribution in [3.8, 4) is 0 Å². The maximum atomic E-state index is 11.9. The van der Waals surface area contributed by atoms with Gasteiger partial charge in [0.15, 0.2) is 0 Å². The zero-order valence-electron chi connectivity index (χ0n) is 12.2. The second-order valence-corrected chi connectivity index (χ2v) is 6.45. The Kier molecular flexibility index (Phi) is 3.79. The molecule has 1 amide bonds. The molecular formula is C17H24N2O. The van der Waals surface area contributed by atoms with Crippen LogP contribution in [0.5, 0.6) is 0 Å². The van der Waals surface area contributed by atoms with Gasteiger partial charge in [0.1, 0.15) is 0 Å². The molecule has 0 atom stereocenters. The monoisotopic (exact) mass is 272 g/mol. The first-order chi connectivity index (χ1) is 9.70. The highest BCUT2D eigenvalue weighted by molar-refractivity contribution is 5.78. The molecule has 0 spiro atoms. The average molecular weight is 272 g/mol. The van der Waals surface area contributed by atoms with Gasteiger partial charge in [0.2, 0.25) is 5.91 Å². The molecule has 0 aliphatic heterocycles. The Labute approximate surface area is 121 Å². The Balaban J connectivity index is 1.47. The van der Waals surface area contributed by atoms with Crippen molar-refractivity contribution in [3.63, 3.8) is 0 Å². The fourth-order valence-corrected chi connectivity index (χ4v) is 2.90. The maximum Gasteiger partial charge on any atom is 0.233 e. The van der Waals surface area contributed by atoms with Crippen molar-refractivity contribution in [2.45, 2.75) is 38.0 Å². The molecule has 3 nitrogen and oxygen atoms in total. The predicted octanol–water partition coefficient (Wildman–Crippen LogP) is 2.14. The molecule has 3 heteroatoms. The van der Waals surface area contributed by atoms with Crippen LogP contribution >= 0.6 is 0 Å². The van der Waals surface area contributed by atoms with Crippen LogP contribution < -0.4 is 10.6 Å². The lowest BCUT2D eigenvalue weighted by molar-refractivity contribution is -0.120. The highest BCUT2D eigenvalue weighted by Gasteiger charge is 2.44. The van der Waals surface area contributed by atoms with Crippen molar-refractivity contribution >= 4 is 5.91 Å². The summed E-state index contributed by atoms with van der Waals surface area (Å²) in [6.45, 7) is 4.40. The van der Waals surface area contributed by atoms with E-state index in [1.54, 1.807) is 0 Å². The van der Waals surface area contributed by atoms with Crippen molar-refractivity contribution in [1.29, 1.82) is 0 Å². The van der Waals surface area contributed by atoms with Gasteiger partial charge in [0.25, 0.3) is 0 Å². The molecule has 2 aliphatic carbocycles. The van der Waals surface area contributed by atoms with E-state index in [-0.39, 0.29) is 11.3 Å². The third-order valence-electron chi connectivity index (χ3n) is 4.61. The minimum absolute atomic E-state index is 0.130. The standard InChI is InChI=1S/C17H24N2O/c1-13-4-2-3-5-15(13)17(8-9-17)12-19-16(20)11-18-10-14-6-7-14/h2-5,14,18H,6-12H2,1H3,(H,19,20). The lowest BCUT2D eigenvalue weighted by Crippen LogP contribution is -2.38. The highest BCUT2D eigenvalue weighted by Crippen LogP contribution is 2.48. The zero-order valence-corrected chi connectivity index (χ0v) is 12.2. The van der Waals surface area contributed by atoms with Gasteiger partial charge in [0.05, 0.1) is 6.54 Å². The summed E-state index contributed by atoms with van der Waals surface area (Å²) in [6.07, 6.45) is 5.03. The Morgan fingerprint density at radius 1 is 1.30 bits per heavy atom. The van der Waals surface area contributed by atoms with Crippen LogP contribution in [0.2, 0.25) is 0 Å². The molecule has 0 bridgehead atoms. The Hall–Kier alpha value is -1.35.